The first-order chi connectivity index (χ1) is 14.6. The van der Waals surface area contributed by atoms with Crippen LogP contribution in [0.3, 0.4) is 0 Å². The molecule has 4 rings (SSSR count). The van der Waals surface area contributed by atoms with Crippen molar-refractivity contribution in [2.45, 2.75) is 19.3 Å². The first-order valence-corrected chi connectivity index (χ1v) is 10.3. The van der Waals surface area contributed by atoms with Gasteiger partial charge >= 0.3 is 0 Å². The molecule has 1 unspecified atom stereocenters. The van der Waals surface area contributed by atoms with Crippen LogP contribution in [-0.2, 0) is 0 Å². The first kappa shape index (κ1) is 19.8. The van der Waals surface area contributed by atoms with Crippen molar-refractivity contribution in [3.8, 4) is 23.3 Å². The zero-order valence-corrected chi connectivity index (χ0v) is 17.4. The van der Waals surface area contributed by atoms with Gasteiger partial charge in [-0.15, -0.1) is 0 Å². The van der Waals surface area contributed by atoms with Crippen LogP contribution in [0.2, 0.25) is 0 Å². The molecule has 30 heavy (non-hydrogen) atoms. The Morgan fingerprint density at radius 1 is 1.23 bits per heavy atom. The number of rotatable bonds is 5. The summed E-state index contributed by atoms with van der Waals surface area (Å²) in [5.74, 6) is 0.889. The Labute approximate surface area is 177 Å². The van der Waals surface area contributed by atoms with Crippen LogP contribution in [0, 0.1) is 11.3 Å². The maximum Gasteiger partial charge on any atom is 0.240 e. The smallest absolute Gasteiger partial charge is 0.240 e. The van der Waals surface area contributed by atoms with E-state index in [9.17, 15) is 10.1 Å². The normalized spacial score (nSPS) is 15.3. The number of nitrogens with two attached hydrogens (primary N) is 1. The van der Waals surface area contributed by atoms with Crippen molar-refractivity contribution in [1.82, 2.24) is 0 Å². The van der Waals surface area contributed by atoms with E-state index in [0.29, 0.717) is 35.0 Å². The van der Waals surface area contributed by atoms with Crippen LogP contribution >= 0.6 is 11.3 Å². The average Bonchev–Trinajstić information content (AvgIpc) is 2.76. The van der Waals surface area contributed by atoms with Gasteiger partial charge in [-0.2, -0.15) is 5.26 Å². The highest BCUT2D eigenvalue weighted by molar-refractivity contribution is 7.16. The summed E-state index contributed by atoms with van der Waals surface area (Å²) in [6.45, 7) is 2.58. The van der Waals surface area contributed by atoms with Crippen molar-refractivity contribution in [3.63, 3.8) is 0 Å². The lowest BCUT2D eigenvalue weighted by atomic mass is 9.84. The van der Waals surface area contributed by atoms with Gasteiger partial charge in [-0.3, -0.25) is 4.79 Å². The molecule has 0 saturated carbocycles. The molecule has 2 heterocycles. The summed E-state index contributed by atoms with van der Waals surface area (Å²) in [7, 11) is 1.56. The summed E-state index contributed by atoms with van der Waals surface area (Å²) in [5.41, 5.74) is 7.44. The van der Waals surface area contributed by atoms with Gasteiger partial charge in [0.15, 0.2) is 11.5 Å². The summed E-state index contributed by atoms with van der Waals surface area (Å²) >= 11 is 1.13. The third-order valence-corrected chi connectivity index (χ3v) is 5.94. The van der Waals surface area contributed by atoms with E-state index in [1.165, 1.54) is 0 Å². The molecule has 1 atom stereocenters. The number of hydrogen-bond acceptors (Lipinski definition) is 7. The second kappa shape index (κ2) is 8.09. The molecule has 0 radical (unpaired) electrons. The van der Waals surface area contributed by atoms with E-state index in [0.717, 1.165) is 27.8 Å². The highest BCUT2D eigenvalue weighted by atomic mass is 32.1. The van der Waals surface area contributed by atoms with Crippen molar-refractivity contribution in [2.24, 2.45) is 5.73 Å². The summed E-state index contributed by atoms with van der Waals surface area (Å²) in [4.78, 5) is 13.1. The van der Waals surface area contributed by atoms with Gasteiger partial charge in [-0.25, -0.2) is 0 Å². The fraction of sp³-hybridized carbons (Fsp3) is 0.217. The molecule has 0 amide bonds. The summed E-state index contributed by atoms with van der Waals surface area (Å²) in [5, 5.41) is 10.6. The van der Waals surface area contributed by atoms with Crippen LogP contribution in [0.5, 0.6) is 17.2 Å². The Morgan fingerprint density at radius 3 is 2.77 bits per heavy atom. The number of methoxy groups -OCH3 is 1. The van der Waals surface area contributed by atoms with Gasteiger partial charge < -0.3 is 19.9 Å². The van der Waals surface area contributed by atoms with Gasteiger partial charge in [-0.1, -0.05) is 36.5 Å². The monoisotopic (exact) mass is 420 g/mol. The maximum atomic E-state index is 13.1. The van der Waals surface area contributed by atoms with Gasteiger partial charge in [0.1, 0.15) is 17.4 Å². The highest BCUT2D eigenvalue weighted by Gasteiger charge is 2.35. The Balaban J connectivity index is 1.95. The van der Waals surface area contributed by atoms with E-state index >= 15 is 0 Å². The fourth-order valence-corrected chi connectivity index (χ4v) is 4.53. The number of nitrogens with zero attached hydrogens (tertiary/aromatic N) is 1. The van der Waals surface area contributed by atoms with Crippen LogP contribution in [-0.4, -0.2) is 13.7 Å². The zero-order chi connectivity index (χ0) is 21.3. The van der Waals surface area contributed by atoms with Crippen LogP contribution in [0.1, 0.15) is 30.4 Å². The molecule has 3 aromatic rings. The second-order valence-corrected chi connectivity index (χ2v) is 7.83. The third kappa shape index (κ3) is 3.25. The van der Waals surface area contributed by atoms with Crippen molar-refractivity contribution >= 4 is 21.4 Å². The minimum Gasteiger partial charge on any atom is -0.493 e. The quantitative estimate of drug-likeness (QED) is 0.662. The Kier molecular flexibility index (Phi) is 5.34. The fourth-order valence-electron chi connectivity index (χ4n) is 3.59. The van der Waals surface area contributed by atoms with Gasteiger partial charge in [0.2, 0.25) is 10.6 Å². The molecular weight excluding hydrogens is 400 g/mol. The summed E-state index contributed by atoms with van der Waals surface area (Å²) < 4.78 is 17.7. The number of hydrogen-bond donors (Lipinski definition) is 1. The Hall–Kier alpha value is -3.50. The van der Waals surface area contributed by atoms with Gasteiger partial charge in [0.25, 0.3) is 0 Å². The molecule has 0 saturated heterocycles. The maximum absolute atomic E-state index is 13.1. The van der Waals surface area contributed by atoms with E-state index in [2.05, 4.69) is 6.07 Å². The van der Waals surface area contributed by atoms with Crippen molar-refractivity contribution < 1.29 is 14.2 Å². The Morgan fingerprint density at radius 2 is 2.03 bits per heavy atom. The van der Waals surface area contributed by atoms with Crippen LogP contribution < -0.4 is 24.7 Å². The molecule has 0 aliphatic carbocycles. The van der Waals surface area contributed by atoms with E-state index in [-0.39, 0.29) is 16.2 Å². The number of ether oxygens (including phenoxy) is 3. The number of allylic oxidation sites excluding steroid dienone is 1. The topological polar surface area (TPSA) is 94.6 Å². The van der Waals surface area contributed by atoms with Gasteiger partial charge in [0.05, 0.1) is 25.2 Å². The van der Waals surface area contributed by atoms with E-state index in [4.69, 9.17) is 19.9 Å². The molecule has 1 aromatic heterocycles. The van der Waals surface area contributed by atoms with E-state index in [1.54, 1.807) is 19.2 Å². The summed E-state index contributed by atoms with van der Waals surface area (Å²) in [6, 6.07) is 15.0. The number of nitriles is 1. The third-order valence-electron chi connectivity index (χ3n) is 4.96. The van der Waals surface area contributed by atoms with Crippen molar-refractivity contribution in [1.29, 1.82) is 5.26 Å². The molecule has 6 nitrogen and oxygen atoms in total. The predicted octanol–water partition coefficient (Wildman–Crippen LogP) is 4.28. The highest BCUT2D eigenvalue weighted by Crippen LogP contribution is 2.45. The van der Waals surface area contributed by atoms with Gasteiger partial charge in [0, 0.05) is 10.1 Å². The lowest BCUT2D eigenvalue weighted by Gasteiger charge is -2.27. The predicted molar refractivity (Wildman–Crippen MR) is 116 cm³/mol. The molecule has 1 aliphatic heterocycles. The average molecular weight is 420 g/mol. The lowest BCUT2D eigenvalue weighted by molar-refractivity contribution is 0.294. The minimum atomic E-state index is -0.652. The number of benzene rings is 2. The van der Waals surface area contributed by atoms with Gasteiger partial charge in [-0.05, 0) is 36.2 Å². The molecule has 7 heteroatoms. The molecule has 0 bridgehead atoms. The first-order valence-electron chi connectivity index (χ1n) is 9.53. The Bertz CT molecular complexity index is 1260. The molecule has 2 aromatic carbocycles. The second-order valence-electron chi connectivity index (χ2n) is 6.81. The van der Waals surface area contributed by atoms with Crippen LogP contribution in [0.15, 0.2) is 58.7 Å². The van der Waals surface area contributed by atoms with E-state index < -0.39 is 5.92 Å². The van der Waals surface area contributed by atoms with Crippen LogP contribution in [0.25, 0.3) is 10.1 Å². The van der Waals surface area contributed by atoms with Crippen LogP contribution in [0.4, 0.5) is 0 Å². The molecule has 152 valence electrons. The molecule has 0 fully saturated rings. The minimum absolute atomic E-state index is 0.000953. The molecule has 2 N–H and O–H groups in total. The standard InChI is InChI=1S/C23H20N2O4S/c1-3-10-28-16-9-8-13(11-17(16)27-2)19-15(12-24)22(25)29-21-14-6-4-5-7-18(14)30-23(26)20(19)21/h4-9,11,19H,3,10,25H2,1-2H3. The molecular formula is C23H20N2O4S. The SMILES string of the molecule is CCCOc1ccc(C2C(C#N)=C(N)Oc3c2c(=O)sc2ccccc32)cc1OC. The largest absolute Gasteiger partial charge is 0.493 e. The molecule has 0 spiro atoms. The zero-order valence-electron chi connectivity index (χ0n) is 16.6. The summed E-state index contributed by atoms with van der Waals surface area (Å²) in [6.07, 6.45) is 0.865. The lowest BCUT2D eigenvalue weighted by Crippen LogP contribution is -2.25. The molecule has 1 aliphatic rings. The van der Waals surface area contributed by atoms with Crippen molar-refractivity contribution in [2.75, 3.05) is 13.7 Å². The van der Waals surface area contributed by atoms with E-state index in [1.807, 2.05) is 37.3 Å². The van der Waals surface area contributed by atoms with Crippen molar-refractivity contribution in [3.05, 3.63) is 74.6 Å². The number of fused-ring (bicyclic) bond motifs is 3.